The molecule has 0 saturated carbocycles. The summed E-state index contributed by atoms with van der Waals surface area (Å²) in [4.78, 5) is 13.0. The molecule has 0 saturated heterocycles. The number of ether oxygens (including phenoxy) is 2. The summed E-state index contributed by atoms with van der Waals surface area (Å²) in [5.74, 6) is 2.92. The summed E-state index contributed by atoms with van der Waals surface area (Å²) in [5, 5.41) is 21.4. The van der Waals surface area contributed by atoms with Crippen LogP contribution >= 0.6 is 0 Å². The standard InChI is InChI=1S/C31H43N3O4/c1-5-9-11-22(7-3)19-37-24-13-15-26(28(35)17-24)30-32-21-33-31(34-30)27-16-14-25(18-29(27)36)38-20-23(8-4)12-10-6-2/h13-18,21-23,35-36H,5-12,19-20H2,1-4H3. The molecule has 38 heavy (non-hydrogen) atoms. The van der Waals surface area contributed by atoms with Gasteiger partial charge in [0.05, 0.1) is 24.3 Å². The van der Waals surface area contributed by atoms with Crippen LogP contribution in [0.2, 0.25) is 0 Å². The highest BCUT2D eigenvalue weighted by molar-refractivity contribution is 5.69. The molecule has 2 N–H and O–H groups in total. The largest absolute Gasteiger partial charge is 0.507 e. The lowest BCUT2D eigenvalue weighted by molar-refractivity contribution is 0.232. The zero-order valence-corrected chi connectivity index (χ0v) is 23.3. The van der Waals surface area contributed by atoms with Crippen molar-refractivity contribution in [1.82, 2.24) is 15.0 Å². The highest BCUT2D eigenvalue weighted by Gasteiger charge is 2.15. The molecule has 0 aliphatic rings. The lowest BCUT2D eigenvalue weighted by Crippen LogP contribution is -2.11. The molecule has 2 aromatic carbocycles. The smallest absolute Gasteiger partial charge is 0.167 e. The number of rotatable bonds is 16. The van der Waals surface area contributed by atoms with Gasteiger partial charge in [-0.05, 0) is 48.9 Å². The predicted molar refractivity (Wildman–Crippen MR) is 152 cm³/mol. The van der Waals surface area contributed by atoms with Crippen LogP contribution in [0, 0.1) is 11.8 Å². The molecule has 1 heterocycles. The minimum absolute atomic E-state index is 0.0303. The first-order valence-electron chi connectivity index (χ1n) is 14.1. The first kappa shape index (κ1) is 29.2. The highest BCUT2D eigenvalue weighted by atomic mass is 16.5. The monoisotopic (exact) mass is 521 g/mol. The van der Waals surface area contributed by atoms with Gasteiger partial charge in [-0.15, -0.1) is 0 Å². The molecule has 3 aromatic rings. The Hall–Kier alpha value is -3.35. The van der Waals surface area contributed by atoms with Crippen molar-refractivity contribution in [3.05, 3.63) is 42.7 Å². The molecule has 3 rings (SSSR count). The van der Waals surface area contributed by atoms with Crippen LogP contribution < -0.4 is 9.47 Å². The van der Waals surface area contributed by atoms with Crippen molar-refractivity contribution in [2.45, 2.75) is 79.1 Å². The van der Waals surface area contributed by atoms with Crippen molar-refractivity contribution in [3.63, 3.8) is 0 Å². The number of hydrogen-bond acceptors (Lipinski definition) is 7. The summed E-state index contributed by atoms with van der Waals surface area (Å²) in [6.45, 7) is 10.00. The molecular formula is C31H43N3O4. The topological polar surface area (TPSA) is 97.6 Å². The minimum Gasteiger partial charge on any atom is -0.507 e. The second-order valence-electron chi connectivity index (χ2n) is 9.95. The van der Waals surface area contributed by atoms with E-state index in [1.54, 1.807) is 24.3 Å². The van der Waals surface area contributed by atoms with Gasteiger partial charge in [0.25, 0.3) is 0 Å². The van der Waals surface area contributed by atoms with E-state index in [9.17, 15) is 10.2 Å². The SMILES string of the molecule is CCCCC(CC)COc1ccc(-c2ncnc(-c3ccc(OCC(CC)CCCC)cc3O)n2)c(O)c1. The average molecular weight is 522 g/mol. The van der Waals surface area contributed by atoms with Gasteiger partial charge in [-0.25, -0.2) is 15.0 Å². The van der Waals surface area contributed by atoms with Crippen LogP contribution in [0.25, 0.3) is 22.8 Å². The van der Waals surface area contributed by atoms with Crippen LogP contribution in [0.4, 0.5) is 0 Å². The number of unbranched alkanes of at least 4 members (excludes halogenated alkanes) is 2. The molecule has 2 unspecified atom stereocenters. The fraction of sp³-hybridized carbons (Fsp3) is 0.516. The van der Waals surface area contributed by atoms with Crippen LogP contribution in [-0.2, 0) is 0 Å². The number of nitrogens with zero attached hydrogens (tertiary/aromatic N) is 3. The molecule has 0 radical (unpaired) electrons. The van der Waals surface area contributed by atoms with Crippen molar-refractivity contribution >= 4 is 0 Å². The summed E-state index contributed by atoms with van der Waals surface area (Å²) in [5.41, 5.74) is 0.937. The van der Waals surface area contributed by atoms with Crippen molar-refractivity contribution in [3.8, 4) is 45.8 Å². The fourth-order valence-electron chi connectivity index (χ4n) is 4.36. The number of aromatic hydroxyl groups is 2. The number of phenols is 2. The Morgan fingerprint density at radius 2 is 1.13 bits per heavy atom. The van der Waals surface area contributed by atoms with Crippen LogP contribution in [0.1, 0.15) is 79.1 Å². The molecule has 7 nitrogen and oxygen atoms in total. The Morgan fingerprint density at radius 1 is 0.684 bits per heavy atom. The normalized spacial score (nSPS) is 12.7. The zero-order chi connectivity index (χ0) is 27.3. The number of phenolic OH excluding ortho intramolecular Hbond substituents is 2. The number of aromatic nitrogens is 3. The summed E-state index contributed by atoms with van der Waals surface area (Å²) in [7, 11) is 0. The summed E-state index contributed by atoms with van der Waals surface area (Å²) in [6, 6.07) is 10.3. The maximum atomic E-state index is 10.7. The molecule has 1 aromatic heterocycles. The maximum Gasteiger partial charge on any atom is 0.167 e. The van der Waals surface area contributed by atoms with Gasteiger partial charge in [-0.2, -0.15) is 0 Å². The van der Waals surface area contributed by atoms with E-state index in [1.807, 2.05) is 12.1 Å². The van der Waals surface area contributed by atoms with Gasteiger partial charge < -0.3 is 19.7 Å². The van der Waals surface area contributed by atoms with Crippen molar-refractivity contribution in [1.29, 1.82) is 0 Å². The van der Waals surface area contributed by atoms with E-state index in [0.29, 0.717) is 59.3 Å². The second-order valence-corrected chi connectivity index (χ2v) is 9.95. The van der Waals surface area contributed by atoms with Gasteiger partial charge in [0.15, 0.2) is 11.6 Å². The summed E-state index contributed by atoms with van der Waals surface area (Å²) in [6.07, 6.45) is 10.5. The molecule has 2 atom stereocenters. The fourth-order valence-corrected chi connectivity index (χ4v) is 4.36. The van der Waals surface area contributed by atoms with Gasteiger partial charge in [0.2, 0.25) is 0 Å². The third-order valence-corrected chi connectivity index (χ3v) is 7.05. The van der Waals surface area contributed by atoms with Crippen molar-refractivity contribution in [2.75, 3.05) is 13.2 Å². The van der Waals surface area contributed by atoms with Crippen molar-refractivity contribution in [2.24, 2.45) is 11.8 Å². The third-order valence-electron chi connectivity index (χ3n) is 7.05. The van der Waals surface area contributed by atoms with E-state index >= 15 is 0 Å². The van der Waals surface area contributed by atoms with E-state index in [4.69, 9.17) is 9.47 Å². The van der Waals surface area contributed by atoms with E-state index < -0.39 is 0 Å². The van der Waals surface area contributed by atoms with E-state index in [0.717, 1.165) is 25.7 Å². The van der Waals surface area contributed by atoms with E-state index in [2.05, 4.69) is 42.6 Å². The molecule has 0 aliphatic carbocycles. The van der Waals surface area contributed by atoms with Crippen molar-refractivity contribution < 1.29 is 19.7 Å². The molecule has 0 fully saturated rings. The van der Waals surface area contributed by atoms with Crippen LogP contribution in [0.3, 0.4) is 0 Å². The Bertz CT molecular complexity index is 1050. The lowest BCUT2D eigenvalue weighted by Gasteiger charge is -2.16. The van der Waals surface area contributed by atoms with Gasteiger partial charge in [-0.3, -0.25) is 0 Å². The molecule has 0 aliphatic heterocycles. The molecule has 0 amide bonds. The summed E-state index contributed by atoms with van der Waals surface area (Å²) >= 11 is 0. The van der Waals surface area contributed by atoms with Gasteiger partial charge >= 0.3 is 0 Å². The second kappa shape index (κ2) is 15.2. The minimum atomic E-state index is 0.0303. The third kappa shape index (κ3) is 8.33. The summed E-state index contributed by atoms with van der Waals surface area (Å²) < 4.78 is 11.9. The van der Waals surface area contributed by atoms with Gasteiger partial charge in [-0.1, -0.05) is 66.2 Å². The Labute approximate surface area is 227 Å². The number of hydrogen-bond donors (Lipinski definition) is 2. The first-order chi connectivity index (χ1) is 18.5. The predicted octanol–water partition coefficient (Wildman–Crippen LogP) is 7.81. The van der Waals surface area contributed by atoms with E-state index in [1.165, 1.54) is 32.0 Å². The highest BCUT2D eigenvalue weighted by Crippen LogP contribution is 2.34. The molecule has 0 bridgehead atoms. The quantitative estimate of drug-likeness (QED) is 0.198. The molecular weight excluding hydrogens is 478 g/mol. The first-order valence-corrected chi connectivity index (χ1v) is 14.1. The Morgan fingerprint density at radius 3 is 1.50 bits per heavy atom. The zero-order valence-electron chi connectivity index (χ0n) is 23.3. The molecule has 206 valence electrons. The van der Waals surface area contributed by atoms with Gasteiger partial charge in [0.1, 0.15) is 29.3 Å². The van der Waals surface area contributed by atoms with Crippen LogP contribution in [0.15, 0.2) is 42.7 Å². The molecule has 7 heteroatoms. The average Bonchev–Trinajstić information content (AvgIpc) is 2.93. The maximum absolute atomic E-state index is 10.7. The lowest BCUT2D eigenvalue weighted by atomic mass is 10.0. The Balaban J connectivity index is 1.70. The Kier molecular flexibility index (Phi) is 11.7. The number of benzene rings is 2. The van der Waals surface area contributed by atoms with Crippen LogP contribution in [0.5, 0.6) is 23.0 Å². The van der Waals surface area contributed by atoms with E-state index in [-0.39, 0.29) is 11.5 Å². The van der Waals surface area contributed by atoms with Crippen LogP contribution in [-0.4, -0.2) is 38.4 Å². The van der Waals surface area contributed by atoms with Gasteiger partial charge in [0, 0.05) is 12.1 Å². The molecule has 0 spiro atoms.